The average molecular weight is 630 g/mol. The summed E-state index contributed by atoms with van der Waals surface area (Å²) in [5.74, 6) is -0.967. The summed E-state index contributed by atoms with van der Waals surface area (Å²) in [5, 5.41) is 10.9. The molecule has 0 aromatic carbocycles. The van der Waals surface area contributed by atoms with E-state index in [1.54, 1.807) is 0 Å². The first kappa shape index (κ1) is 32.1. The molecule has 4 N–H and O–H groups in total. The van der Waals surface area contributed by atoms with Crippen molar-refractivity contribution < 1.29 is 18.4 Å². The number of likely N-dealkylation sites (tertiary alicyclic amines) is 1. The van der Waals surface area contributed by atoms with Crippen molar-refractivity contribution >= 4 is 23.3 Å². The molecule has 2 aromatic heterocycles. The largest absolute Gasteiger partial charge is 0.381 e. The third-order valence-corrected chi connectivity index (χ3v) is 10.7. The van der Waals surface area contributed by atoms with Gasteiger partial charge in [-0.3, -0.25) is 19.4 Å². The van der Waals surface area contributed by atoms with Gasteiger partial charge in [-0.05, 0) is 46.1 Å². The summed E-state index contributed by atoms with van der Waals surface area (Å²) in [4.78, 5) is 38.1. The van der Waals surface area contributed by atoms with Crippen LogP contribution in [0.25, 0.3) is 5.65 Å². The summed E-state index contributed by atoms with van der Waals surface area (Å²) >= 11 is 0. The van der Waals surface area contributed by atoms with Gasteiger partial charge in [0.25, 0.3) is 5.91 Å². The van der Waals surface area contributed by atoms with Gasteiger partial charge < -0.3 is 21.3 Å². The van der Waals surface area contributed by atoms with E-state index in [1.165, 1.54) is 17.4 Å². The Morgan fingerprint density at radius 2 is 1.73 bits per heavy atom. The molecule has 4 atom stereocenters. The van der Waals surface area contributed by atoms with Gasteiger partial charge in [0.1, 0.15) is 11.7 Å². The van der Waals surface area contributed by atoms with Gasteiger partial charge in [-0.15, -0.1) is 5.10 Å². The number of fused-ring (bicyclic) bond motifs is 1. The average Bonchev–Trinajstić information content (AvgIpc) is 3.66. The molecule has 3 aliphatic heterocycles. The lowest BCUT2D eigenvalue weighted by Gasteiger charge is -2.54. The van der Waals surface area contributed by atoms with Gasteiger partial charge in [0, 0.05) is 44.3 Å². The maximum absolute atomic E-state index is 16.3. The van der Waals surface area contributed by atoms with Crippen LogP contribution in [0.3, 0.4) is 0 Å². The topological polar surface area (TPSA) is 124 Å². The van der Waals surface area contributed by atoms with Crippen LogP contribution in [0.2, 0.25) is 0 Å². The first-order valence-corrected chi connectivity index (χ1v) is 17.0. The Labute approximate surface area is 264 Å². The van der Waals surface area contributed by atoms with Gasteiger partial charge in [-0.1, -0.05) is 38.5 Å². The van der Waals surface area contributed by atoms with Crippen LogP contribution in [0.15, 0.2) is 12.4 Å². The molecule has 2 amide bonds. The smallest absolute Gasteiger partial charge is 0.259 e. The van der Waals surface area contributed by atoms with Crippen molar-refractivity contribution in [2.75, 3.05) is 45.0 Å². The van der Waals surface area contributed by atoms with Gasteiger partial charge in [0.05, 0.1) is 30.5 Å². The molecular weight excluding hydrogens is 580 g/mol. The van der Waals surface area contributed by atoms with Crippen LogP contribution in [-0.2, 0) is 4.79 Å². The van der Waals surface area contributed by atoms with E-state index in [9.17, 15) is 14.0 Å². The molecule has 11 nitrogen and oxygen atoms in total. The summed E-state index contributed by atoms with van der Waals surface area (Å²) in [6.07, 6.45) is 11.0. The molecule has 4 aliphatic rings. The second kappa shape index (κ2) is 13.4. The number of hydrogen-bond donors (Lipinski definition) is 3. The zero-order valence-corrected chi connectivity index (χ0v) is 26.7. The number of aromatic nitrogens is 3. The fourth-order valence-electron chi connectivity index (χ4n) is 8.42. The summed E-state index contributed by atoms with van der Waals surface area (Å²) in [7, 11) is 0. The Kier molecular flexibility index (Phi) is 9.58. The molecule has 4 unspecified atom stereocenters. The SMILES string of the molecule is CC(C)N1CCCC1C(=O)N1CCN(C2C(F)CNC3(CCCCCCCC3)C2NC(=O)c2c(N)nn3cc(F)cnc23)CC1. The van der Waals surface area contributed by atoms with Crippen LogP contribution in [0.1, 0.15) is 88.4 Å². The molecule has 0 radical (unpaired) electrons. The predicted molar refractivity (Wildman–Crippen MR) is 168 cm³/mol. The van der Waals surface area contributed by atoms with E-state index in [4.69, 9.17) is 5.73 Å². The van der Waals surface area contributed by atoms with Crippen molar-refractivity contribution in [3.63, 3.8) is 0 Å². The molecule has 1 aliphatic carbocycles. The molecular formula is C32H49F2N9O2. The number of piperazine rings is 1. The lowest BCUT2D eigenvalue weighted by Crippen LogP contribution is -2.76. The van der Waals surface area contributed by atoms with Gasteiger partial charge in [-0.2, -0.15) is 0 Å². The van der Waals surface area contributed by atoms with E-state index in [2.05, 4.69) is 44.4 Å². The number of alkyl halides is 1. The quantitative estimate of drug-likeness (QED) is 0.462. The number of nitrogens with two attached hydrogens (primary N) is 1. The third kappa shape index (κ3) is 6.40. The highest BCUT2D eigenvalue weighted by Gasteiger charge is 2.52. The summed E-state index contributed by atoms with van der Waals surface area (Å²) < 4.78 is 31.3. The number of nitrogens with one attached hydrogen (secondary N) is 2. The highest BCUT2D eigenvalue weighted by molar-refractivity contribution is 6.04. The normalized spacial score (nSPS) is 28.7. The monoisotopic (exact) mass is 629 g/mol. The Balaban J connectivity index is 1.27. The summed E-state index contributed by atoms with van der Waals surface area (Å²) in [6.45, 7) is 7.56. The highest BCUT2D eigenvalue weighted by Crippen LogP contribution is 2.37. The fourth-order valence-corrected chi connectivity index (χ4v) is 8.42. The predicted octanol–water partition coefficient (Wildman–Crippen LogP) is 2.75. The maximum Gasteiger partial charge on any atom is 0.259 e. The molecule has 13 heteroatoms. The van der Waals surface area contributed by atoms with E-state index in [0.717, 1.165) is 70.3 Å². The Morgan fingerprint density at radius 1 is 1.04 bits per heavy atom. The van der Waals surface area contributed by atoms with E-state index >= 15 is 4.39 Å². The second-order valence-corrected chi connectivity index (χ2v) is 13.8. The molecule has 5 heterocycles. The zero-order valence-electron chi connectivity index (χ0n) is 26.7. The number of nitrogens with zero attached hydrogens (tertiary/aromatic N) is 6. The first-order chi connectivity index (χ1) is 21.7. The van der Waals surface area contributed by atoms with Crippen molar-refractivity contribution in [3.05, 3.63) is 23.8 Å². The number of nitrogen functional groups attached to an aromatic ring is 1. The third-order valence-electron chi connectivity index (χ3n) is 10.7. The molecule has 1 spiro atoms. The zero-order chi connectivity index (χ0) is 31.7. The molecule has 6 rings (SSSR count). The Bertz CT molecular complexity index is 1350. The number of anilines is 1. The van der Waals surface area contributed by atoms with Crippen LogP contribution in [0, 0.1) is 5.82 Å². The second-order valence-electron chi connectivity index (χ2n) is 13.8. The standard InChI is InChI=1S/C32H49F2N9O2/c1-21(2)42-13-9-10-24(42)31(45)41-16-14-40(15-17-41)26-23(34)19-37-32(11-7-5-3-4-6-8-12-32)27(26)38-30(44)25-28(35)39-43-20-22(33)18-36-29(25)43/h18,20-21,23-24,26-27,37H,3-17,19H2,1-2H3,(H2,35,39)(H,38,44). The molecule has 1 saturated carbocycles. The van der Waals surface area contributed by atoms with E-state index in [1.807, 2.05) is 4.90 Å². The number of halogens is 2. The van der Waals surface area contributed by atoms with Crippen molar-refractivity contribution in [1.82, 2.24) is 39.9 Å². The molecule has 45 heavy (non-hydrogen) atoms. The van der Waals surface area contributed by atoms with E-state index in [0.29, 0.717) is 32.2 Å². The Morgan fingerprint density at radius 3 is 2.42 bits per heavy atom. The summed E-state index contributed by atoms with van der Waals surface area (Å²) in [5.41, 5.74) is 5.90. The van der Waals surface area contributed by atoms with Gasteiger partial charge in [0.15, 0.2) is 17.3 Å². The minimum absolute atomic E-state index is 0.0549. The van der Waals surface area contributed by atoms with Gasteiger partial charge in [-0.25, -0.2) is 18.3 Å². The lowest BCUT2D eigenvalue weighted by atomic mass is 9.73. The van der Waals surface area contributed by atoms with Crippen LogP contribution in [0.4, 0.5) is 14.6 Å². The van der Waals surface area contributed by atoms with Crippen LogP contribution >= 0.6 is 0 Å². The van der Waals surface area contributed by atoms with Crippen LogP contribution in [-0.4, -0.2) is 116 Å². The molecule has 4 fully saturated rings. The minimum Gasteiger partial charge on any atom is -0.381 e. The van der Waals surface area contributed by atoms with E-state index in [-0.39, 0.29) is 35.5 Å². The van der Waals surface area contributed by atoms with Crippen molar-refractivity contribution in [2.24, 2.45) is 0 Å². The summed E-state index contributed by atoms with van der Waals surface area (Å²) in [6, 6.07) is -0.915. The van der Waals surface area contributed by atoms with E-state index < -0.39 is 35.5 Å². The Hall–Kier alpha value is -2.90. The van der Waals surface area contributed by atoms with Crippen molar-refractivity contribution in [2.45, 2.75) is 114 Å². The number of carbonyl (C=O) groups excluding carboxylic acids is 2. The molecule has 2 aromatic rings. The number of rotatable bonds is 5. The molecule has 248 valence electrons. The van der Waals surface area contributed by atoms with Crippen molar-refractivity contribution in [1.29, 1.82) is 0 Å². The fraction of sp³-hybridized carbons (Fsp3) is 0.750. The molecule has 0 bridgehead atoms. The number of piperidine rings is 1. The van der Waals surface area contributed by atoms with Gasteiger partial charge in [0.2, 0.25) is 5.91 Å². The highest BCUT2D eigenvalue weighted by atomic mass is 19.1. The molecule has 3 saturated heterocycles. The van der Waals surface area contributed by atoms with Crippen LogP contribution in [0.5, 0.6) is 0 Å². The number of hydrogen-bond acceptors (Lipinski definition) is 8. The number of carbonyl (C=O) groups is 2. The maximum atomic E-state index is 16.3. The van der Waals surface area contributed by atoms with Crippen molar-refractivity contribution in [3.8, 4) is 0 Å². The number of amides is 2. The minimum atomic E-state index is -1.23. The lowest BCUT2D eigenvalue weighted by molar-refractivity contribution is -0.139. The van der Waals surface area contributed by atoms with Gasteiger partial charge >= 0.3 is 0 Å². The first-order valence-electron chi connectivity index (χ1n) is 17.0. The van der Waals surface area contributed by atoms with Crippen LogP contribution < -0.4 is 16.4 Å².